The Morgan fingerprint density at radius 1 is 1.00 bits per heavy atom. The van der Waals surface area contributed by atoms with Gasteiger partial charge in [-0.1, -0.05) is 42.5 Å². The Bertz CT molecular complexity index is 1690. The third kappa shape index (κ3) is 4.93. The van der Waals surface area contributed by atoms with E-state index < -0.39 is 6.04 Å². The van der Waals surface area contributed by atoms with E-state index in [-0.39, 0.29) is 18.2 Å². The van der Waals surface area contributed by atoms with Crippen molar-refractivity contribution in [1.82, 2.24) is 15.1 Å². The number of furan rings is 1. The fourth-order valence-corrected chi connectivity index (χ4v) is 5.44. The van der Waals surface area contributed by atoms with Gasteiger partial charge in [0.2, 0.25) is 0 Å². The lowest BCUT2D eigenvalue weighted by molar-refractivity contribution is 0.0716. The molecule has 0 saturated heterocycles. The minimum atomic E-state index is -0.515. The Balaban J connectivity index is 1.45. The molecule has 3 aromatic carbocycles. The maximum absolute atomic E-state index is 13.8. The number of benzene rings is 3. The maximum Gasteiger partial charge on any atom is 0.273 e. The molecule has 5 aromatic rings. The van der Waals surface area contributed by atoms with Crippen molar-refractivity contribution in [1.29, 1.82) is 0 Å². The number of aromatic hydroxyl groups is 1. The minimum Gasteiger partial charge on any atom is -0.507 e. The predicted octanol–water partition coefficient (Wildman–Crippen LogP) is 6.72. The number of carbonyl (C=O) groups is 1. The fourth-order valence-electron chi connectivity index (χ4n) is 5.44. The van der Waals surface area contributed by atoms with E-state index in [0.29, 0.717) is 53.0 Å². The Morgan fingerprint density at radius 2 is 1.83 bits per heavy atom. The number of nitrogens with one attached hydrogen (secondary N) is 1. The summed E-state index contributed by atoms with van der Waals surface area (Å²) in [5.74, 6) is 1.79. The number of hydrogen-bond donors (Lipinski definition) is 2. The number of phenolic OH excluding ortho intramolecular Hbond substituents is 1. The third-order valence-corrected chi connectivity index (χ3v) is 7.29. The van der Waals surface area contributed by atoms with Crippen LogP contribution in [0.4, 0.5) is 0 Å². The van der Waals surface area contributed by atoms with Gasteiger partial charge in [0.15, 0.2) is 11.5 Å². The third-order valence-electron chi connectivity index (χ3n) is 7.29. The quantitative estimate of drug-likeness (QED) is 0.212. The van der Waals surface area contributed by atoms with Gasteiger partial charge in [-0.05, 0) is 73.4 Å². The molecule has 1 amide bonds. The van der Waals surface area contributed by atoms with E-state index >= 15 is 0 Å². The molecule has 208 valence electrons. The normalized spacial score (nSPS) is 14.4. The molecule has 2 aromatic heterocycles. The van der Waals surface area contributed by atoms with Gasteiger partial charge >= 0.3 is 0 Å². The fraction of sp³-hybridized carbons (Fsp3) is 0.212. The highest BCUT2D eigenvalue weighted by atomic mass is 16.5. The van der Waals surface area contributed by atoms with Crippen molar-refractivity contribution in [3.8, 4) is 28.5 Å². The van der Waals surface area contributed by atoms with Crippen LogP contribution in [-0.2, 0) is 13.2 Å². The molecule has 41 heavy (non-hydrogen) atoms. The van der Waals surface area contributed by atoms with Gasteiger partial charge in [-0.3, -0.25) is 9.89 Å². The number of nitrogens with zero attached hydrogens (tertiary/aromatic N) is 2. The molecule has 0 spiro atoms. The van der Waals surface area contributed by atoms with Crippen molar-refractivity contribution in [2.45, 2.75) is 40.0 Å². The summed E-state index contributed by atoms with van der Waals surface area (Å²) in [5, 5.41) is 18.5. The van der Waals surface area contributed by atoms with Crippen molar-refractivity contribution in [2.75, 3.05) is 6.61 Å². The number of H-pyrrole nitrogens is 1. The first-order valence-corrected chi connectivity index (χ1v) is 13.6. The second kappa shape index (κ2) is 10.9. The molecule has 0 saturated carbocycles. The zero-order valence-electron chi connectivity index (χ0n) is 23.2. The number of carbonyl (C=O) groups excluding carboxylic acids is 1. The summed E-state index contributed by atoms with van der Waals surface area (Å²) >= 11 is 0. The summed E-state index contributed by atoms with van der Waals surface area (Å²) < 4.78 is 17.8. The number of aryl methyl sites for hydroxylation is 2. The summed E-state index contributed by atoms with van der Waals surface area (Å²) in [6, 6.07) is 22.6. The Labute approximate surface area is 238 Å². The minimum absolute atomic E-state index is 0.139. The lowest BCUT2D eigenvalue weighted by Gasteiger charge is -2.26. The maximum atomic E-state index is 13.8. The number of hydrogen-bond acceptors (Lipinski definition) is 6. The van der Waals surface area contributed by atoms with E-state index in [1.165, 1.54) is 0 Å². The smallest absolute Gasteiger partial charge is 0.273 e. The Morgan fingerprint density at radius 3 is 2.59 bits per heavy atom. The zero-order valence-corrected chi connectivity index (χ0v) is 23.2. The Kier molecular flexibility index (Phi) is 6.97. The van der Waals surface area contributed by atoms with Gasteiger partial charge in [0, 0.05) is 11.1 Å². The van der Waals surface area contributed by atoms with Crippen LogP contribution < -0.4 is 9.47 Å². The summed E-state index contributed by atoms with van der Waals surface area (Å²) in [5.41, 5.74) is 5.79. The molecule has 1 unspecified atom stereocenters. The van der Waals surface area contributed by atoms with Gasteiger partial charge in [0.05, 0.1) is 25.5 Å². The molecular formula is C33H31N3O5. The first-order valence-electron chi connectivity index (χ1n) is 13.6. The molecule has 1 atom stereocenters. The summed E-state index contributed by atoms with van der Waals surface area (Å²) in [6.07, 6.45) is 1.59. The Hall–Kier alpha value is -4.98. The van der Waals surface area contributed by atoms with Gasteiger partial charge < -0.3 is 23.9 Å². The average Bonchev–Trinajstić information content (AvgIpc) is 3.70. The SMILES string of the molecule is CCOc1cc(C2c3c(-c4cc(C)cc(C)c4O)n[nH]c3C(=O)N2Cc2ccco2)ccc1OCc1ccccc1. The standard InChI is InChI=1S/C33H31N3O5/c1-4-39-27-17-23(12-13-26(27)41-19-22-9-6-5-7-10-22)31-28-29(25-16-20(2)15-21(3)32(25)37)34-35-30(28)33(38)36(31)18-24-11-8-14-40-24/h5-17,31,37H,4,18-19H2,1-3H3,(H,34,35). The first kappa shape index (κ1) is 26.3. The van der Waals surface area contributed by atoms with Crippen molar-refractivity contribution in [3.05, 3.63) is 118 Å². The topological polar surface area (TPSA) is 101 Å². The van der Waals surface area contributed by atoms with Crippen LogP contribution in [0.25, 0.3) is 11.3 Å². The largest absolute Gasteiger partial charge is 0.507 e. The average molecular weight is 550 g/mol. The molecule has 8 nitrogen and oxygen atoms in total. The van der Waals surface area contributed by atoms with Crippen LogP contribution in [0.1, 0.15) is 57.0 Å². The van der Waals surface area contributed by atoms with E-state index in [9.17, 15) is 9.90 Å². The molecule has 0 radical (unpaired) electrons. The van der Waals surface area contributed by atoms with E-state index in [2.05, 4.69) is 10.2 Å². The van der Waals surface area contributed by atoms with E-state index in [4.69, 9.17) is 13.9 Å². The number of fused-ring (bicyclic) bond motifs is 1. The molecule has 3 heterocycles. The molecule has 2 N–H and O–H groups in total. The molecule has 8 heteroatoms. The van der Waals surface area contributed by atoms with Gasteiger partial charge in [-0.15, -0.1) is 0 Å². The molecule has 1 aliphatic heterocycles. The summed E-state index contributed by atoms with van der Waals surface area (Å²) in [4.78, 5) is 15.6. The van der Waals surface area contributed by atoms with Crippen LogP contribution in [0.5, 0.6) is 17.2 Å². The van der Waals surface area contributed by atoms with E-state index in [1.807, 2.05) is 87.5 Å². The van der Waals surface area contributed by atoms with Crippen LogP contribution in [0.3, 0.4) is 0 Å². The molecule has 6 rings (SSSR count). The lowest BCUT2D eigenvalue weighted by atomic mass is 9.94. The molecule has 0 bridgehead atoms. The summed E-state index contributed by atoms with van der Waals surface area (Å²) in [6.45, 7) is 6.85. The van der Waals surface area contributed by atoms with Crippen LogP contribution in [-0.4, -0.2) is 32.7 Å². The van der Waals surface area contributed by atoms with Gasteiger partial charge in [0.25, 0.3) is 5.91 Å². The van der Waals surface area contributed by atoms with Crippen molar-refractivity contribution < 1.29 is 23.8 Å². The number of rotatable bonds is 9. The van der Waals surface area contributed by atoms with Crippen LogP contribution in [0.2, 0.25) is 0 Å². The number of ether oxygens (including phenoxy) is 2. The van der Waals surface area contributed by atoms with Crippen molar-refractivity contribution in [3.63, 3.8) is 0 Å². The van der Waals surface area contributed by atoms with Crippen LogP contribution in [0.15, 0.2) is 83.5 Å². The predicted molar refractivity (Wildman–Crippen MR) is 154 cm³/mol. The first-order chi connectivity index (χ1) is 19.9. The van der Waals surface area contributed by atoms with Gasteiger partial charge in [0.1, 0.15) is 29.5 Å². The van der Waals surface area contributed by atoms with E-state index in [1.54, 1.807) is 17.2 Å². The molecule has 1 aliphatic rings. The van der Waals surface area contributed by atoms with Crippen molar-refractivity contribution >= 4 is 5.91 Å². The highest BCUT2D eigenvalue weighted by molar-refractivity contribution is 6.00. The van der Waals surface area contributed by atoms with E-state index in [0.717, 1.165) is 22.3 Å². The second-order valence-electron chi connectivity index (χ2n) is 10.2. The van der Waals surface area contributed by atoms with Crippen molar-refractivity contribution in [2.24, 2.45) is 0 Å². The molecular weight excluding hydrogens is 518 g/mol. The second-order valence-corrected chi connectivity index (χ2v) is 10.2. The zero-order chi connectivity index (χ0) is 28.5. The molecule has 0 fully saturated rings. The number of phenols is 1. The highest BCUT2D eigenvalue weighted by Crippen LogP contribution is 2.47. The van der Waals surface area contributed by atoms with Gasteiger partial charge in [-0.25, -0.2) is 0 Å². The lowest BCUT2D eigenvalue weighted by Crippen LogP contribution is -2.29. The van der Waals surface area contributed by atoms with Crippen LogP contribution >= 0.6 is 0 Å². The summed E-state index contributed by atoms with van der Waals surface area (Å²) in [7, 11) is 0. The highest BCUT2D eigenvalue weighted by Gasteiger charge is 2.43. The number of aromatic amines is 1. The van der Waals surface area contributed by atoms with Crippen LogP contribution in [0, 0.1) is 13.8 Å². The molecule has 0 aliphatic carbocycles. The number of amides is 1. The number of aromatic nitrogens is 2. The van der Waals surface area contributed by atoms with Gasteiger partial charge in [-0.2, -0.15) is 5.10 Å². The monoisotopic (exact) mass is 549 g/mol.